The fourth-order valence-corrected chi connectivity index (χ4v) is 2.97. The van der Waals surface area contributed by atoms with Gasteiger partial charge < -0.3 is 10.2 Å². The summed E-state index contributed by atoms with van der Waals surface area (Å²) >= 11 is 0. The molecule has 0 aliphatic carbocycles. The van der Waals surface area contributed by atoms with E-state index in [1.807, 2.05) is 59.5 Å². The third-order valence-electron chi connectivity index (χ3n) is 4.24. The number of para-hydroxylation sites is 1. The lowest BCUT2D eigenvalue weighted by Crippen LogP contribution is -2.46. The van der Waals surface area contributed by atoms with E-state index < -0.39 is 0 Å². The first-order valence-electron chi connectivity index (χ1n) is 8.15. The van der Waals surface area contributed by atoms with Gasteiger partial charge in [0.2, 0.25) is 0 Å². The number of rotatable bonds is 2. The molecule has 1 aromatic heterocycles. The second-order valence-electron chi connectivity index (χ2n) is 5.82. The standard InChI is InChI=1S/C19H18N4O/c24-19(23-12-10-20-11-13-23)17-15-8-4-5-9-16(15)21-18(22-17)14-6-2-1-3-7-14/h1-9,20H,10-13H2. The van der Waals surface area contributed by atoms with Crippen molar-refractivity contribution in [2.24, 2.45) is 0 Å². The van der Waals surface area contributed by atoms with Crippen LogP contribution >= 0.6 is 0 Å². The molecular weight excluding hydrogens is 300 g/mol. The second kappa shape index (κ2) is 6.37. The minimum atomic E-state index is -0.0210. The van der Waals surface area contributed by atoms with Gasteiger partial charge in [0.25, 0.3) is 5.91 Å². The first-order chi connectivity index (χ1) is 11.8. The second-order valence-corrected chi connectivity index (χ2v) is 5.82. The Morgan fingerprint density at radius 3 is 2.42 bits per heavy atom. The van der Waals surface area contributed by atoms with Gasteiger partial charge in [-0.05, 0) is 6.07 Å². The zero-order valence-electron chi connectivity index (χ0n) is 13.3. The predicted molar refractivity (Wildman–Crippen MR) is 93.7 cm³/mol. The minimum Gasteiger partial charge on any atom is -0.335 e. The number of hydrogen-bond donors (Lipinski definition) is 1. The van der Waals surface area contributed by atoms with Gasteiger partial charge in [-0.1, -0.05) is 48.5 Å². The Kier molecular flexibility index (Phi) is 3.92. The van der Waals surface area contributed by atoms with Crippen LogP contribution in [-0.2, 0) is 0 Å². The smallest absolute Gasteiger partial charge is 0.273 e. The van der Waals surface area contributed by atoms with Crippen LogP contribution in [0.1, 0.15) is 10.5 Å². The minimum absolute atomic E-state index is 0.0210. The predicted octanol–water partition coefficient (Wildman–Crippen LogP) is 2.34. The van der Waals surface area contributed by atoms with E-state index in [9.17, 15) is 4.79 Å². The number of carbonyl (C=O) groups excluding carboxylic acids is 1. The van der Waals surface area contributed by atoms with E-state index in [1.54, 1.807) is 0 Å². The molecule has 5 heteroatoms. The van der Waals surface area contributed by atoms with Gasteiger partial charge in [-0.15, -0.1) is 0 Å². The molecule has 1 saturated heterocycles. The Labute approximate surface area is 140 Å². The highest BCUT2D eigenvalue weighted by Gasteiger charge is 2.22. The van der Waals surface area contributed by atoms with Gasteiger partial charge in [0.05, 0.1) is 5.52 Å². The molecule has 5 nitrogen and oxygen atoms in total. The van der Waals surface area contributed by atoms with Crippen molar-refractivity contribution in [3.8, 4) is 11.4 Å². The summed E-state index contributed by atoms with van der Waals surface area (Å²) in [5.41, 5.74) is 2.20. The summed E-state index contributed by atoms with van der Waals surface area (Å²) in [7, 11) is 0. The number of nitrogens with zero attached hydrogens (tertiary/aromatic N) is 3. The highest BCUT2D eigenvalue weighted by Crippen LogP contribution is 2.22. The number of hydrogen-bond acceptors (Lipinski definition) is 4. The van der Waals surface area contributed by atoms with E-state index in [-0.39, 0.29) is 5.91 Å². The van der Waals surface area contributed by atoms with Gasteiger partial charge in [-0.25, -0.2) is 9.97 Å². The summed E-state index contributed by atoms with van der Waals surface area (Å²) in [4.78, 5) is 24.1. The summed E-state index contributed by atoms with van der Waals surface area (Å²) in [5, 5.41) is 4.08. The first-order valence-corrected chi connectivity index (χ1v) is 8.15. The lowest BCUT2D eigenvalue weighted by Gasteiger charge is -2.27. The first kappa shape index (κ1) is 14.8. The van der Waals surface area contributed by atoms with Crippen molar-refractivity contribution in [2.75, 3.05) is 26.2 Å². The lowest BCUT2D eigenvalue weighted by molar-refractivity contribution is 0.0732. The topological polar surface area (TPSA) is 58.1 Å². The average Bonchev–Trinajstić information content (AvgIpc) is 2.68. The zero-order valence-corrected chi connectivity index (χ0v) is 13.3. The van der Waals surface area contributed by atoms with Crippen LogP contribution in [0.3, 0.4) is 0 Å². The molecule has 1 amide bonds. The number of carbonyl (C=O) groups is 1. The van der Waals surface area contributed by atoms with E-state index in [1.165, 1.54) is 0 Å². The molecule has 2 aromatic carbocycles. The maximum atomic E-state index is 13.0. The van der Waals surface area contributed by atoms with Crippen molar-refractivity contribution in [3.63, 3.8) is 0 Å². The number of nitrogens with one attached hydrogen (secondary N) is 1. The van der Waals surface area contributed by atoms with Gasteiger partial charge in [-0.2, -0.15) is 0 Å². The molecule has 24 heavy (non-hydrogen) atoms. The summed E-state index contributed by atoms with van der Waals surface area (Å²) in [6.07, 6.45) is 0. The molecule has 1 aliphatic heterocycles. The summed E-state index contributed by atoms with van der Waals surface area (Å²) in [6, 6.07) is 17.5. The quantitative estimate of drug-likeness (QED) is 0.788. The Morgan fingerprint density at radius 2 is 1.62 bits per heavy atom. The maximum Gasteiger partial charge on any atom is 0.273 e. The zero-order chi connectivity index (χ0) is 16.4. The van der Waals surface area contributed by atoms with Gasteiger partial charge in [0.15, 0.2) is 5.82 Å². The third kappa shape index (κ3) is 2.74. The van der Waals surface area contributed by atoms with Crippen molar-refractivity contribution in [1.29, 1.82) is 0 Å². The van der Waals surface area contributed by atoms with Crippen LogP contribution in [-0.4, -0.2) is 47.0 Å². The molecular formula is C19H18N4O. The molecule has 0 spiro atoms. The van der Waals surface area contributed by atoms with Crippen LogP contribution in [0.5, 0.6) is 0 Å². The van der Waals surface area contributed by atoms with Crippen molar-refractivity contribution < 1.29 is 4.79 Å². The van der Waals surface area contributed by atoms with Crippen LogP contribution in [0, 0.1) is 0 Å². The van der Waals surface area contributed by atoms with Crippen LogP contribution in [0.4, 0.5) is 0 Å². The van der Waals surface area contributed by atoms with Crippen molar-refractivity contribution in [1.82, 2.24) is 20.2 Å². The highest BCUT2D eigenvalue weighted by molar-refractivity contribution is 6.04. The van der Waals surface area contributed by atoms with Crippen LogP contribution in [0.25, 0.3) is 22.3 Å². The van der Waals surface area contributed by atoms with E-state index in [2.05, 4.69) is 15.3 Å². The molecule has 2 heterocycles. The molecule has 0 atom stereocenters. The molecule has 3 aromatic rings. The number of aromatic nitrogens is 2. The van der Waals surface area contributed by atoms with Crippen LogP contribution < -0.4 is 5.32 Å². The van der Waals surface area contributed by atoms with E-state index in [4.69, 9.17) is 0 Å². The number of amides is 1. The molecule has 4 rings (SSSR count). The Hall–Kier alpha value is -2.79. The van der Waals surface area contributed by atoms with E-state index in [0.29, 0.717) is 24.6 Å². The highest BCUT2D eigenvalue weighted by atomic mass is 16.2. The normalized spacial score (nSPS) is 14.8. The molecule has 120 valence electrons. The number of piperazine rings is 1. The molecule has 1 fully saturated rings. The SMILES string of the molecule is O=C(c1nc(-c2ccccc2)nc2ccccc12)N1CCNCC1. The summed E-state index contributed by atoms with van der Waals surface area (Å²) in [5.74, 6) is 0.570. The van der Waals surface area contributed by atoms with Gasteiger partial charge in [0.1, 0.15) is 5.69 Å². The number of fused-ring (bicyclic) bond motifs is 1. The third-order valence-corrected chi connectivity index (χ3v) is 4.24. The van der Waals surface area contributed by atoms with Crippen molar-refractivity contribution >= 4 is 16.8 Å². The Balaban J connectivity index is 1.85. The van der Waals surface area contributed by atoms with Crippen molar-refractivity contribution in [3.05, 3.63) is 60.3 Å². The number of benzene rings is 2. The van der Waals surface area contributed by atoms with E-state index in [0.717, 1.165) is 29.6 Å². The fourth-order valence-electron chi connectivity index (χ4n) is 2.97. The summed E-state index contributed by atoms with van der Waals surface area (Å²) in [6.45, 7) is 3.05. The molecule has 0 unspecified atom stereocenters. The Morgan fingerprint density at radius 1 is 0.917 bits per heavy atom. The van der Waals surface area contributed by atoms with Crippen molar-refractivity contribution in [2.45, 2.75) is 0 Å². The largest absolute Gasteiger partial charge is 0.335 e. The monoisotopic (exact) mass is 318 g/mol. The lowest BCUT2D eigenvalue weighted by atomic mass is 10.1. The maximum absolute atomic E-state index is 13.0. The van der Waals surface area contributed by atoms with Crippen LogP contribution in [0.2, 0.25) is 0 Å². The van der Waals surface area contributed by atoms with Crippen LogP contribution in [0.15, 0.2) is 54.6 Å². The van der Waals surface area contributed by atoms with E-state index >= 15 is 0 Å². The molecule has 0 bridgehead atoms. The summed E-state index contributed by atoms with van der Waals surface area (Å²) < 4.78 is 0. The molecule has 1 N–H and O–H groups in total. The van der Waals surface area contributed by atoms with Gasteiger partial charge in [0, 0.05) is 37.1 Å². The molecule has 1 aliphatic rings. The Bertz CT molecular complexity index is 873. The van der Waals surface area contributed by atoms with Gasteiger partial charge in [-0.3, -0.25) is 4.79 Å². The van der Waals surface area contributed by atoms with Gasteiger partial charge >= 0.3 is 0 Å². The molecule has 0 radical (unpaired) electrons. The average molecular weight is 318 g/mol. The fraction of sp³-hybridized carbons (Fsp3) is 0.211. The molecule has 0 saturated carbocycles.